The number of nitrogens with one attached hydrogen (secondary N) is 1. The largest absolute Gasteiger partial charge is 0.478 e. The summed E-state index contributed by atoms with van der Waals surface area (Å²) in [5.41, 5.74) is 0.797. The normalized spacial score (nSPS) is 10.0. The van der Waals surface area contributed by atoms with Crippen LogP contribution in [0.25, 0.3) is 0 Å². The summed E-state index contributed by atoms with van der Waals surface area (Å²) in [5, 5.41) is 10.8. The highest BCUT2D eigenvalue weighted by atomic mass is 16.5. The van der Waals surface area contributed by atoms with Crippen LogP contribution in [0.15, 0.2) is 36.4 Å². The maximum Gasteiger partial charge on any atom is 0.328 e. The lowest BCUT2D eigenvalue weighted by molar-refractivity contribution is -0.131. The van der Waals surface area contributed by atoms with E-state index >= 15 is 0 Å². The number of rotatable bonds is 6. The van der Waals surface area contributed by atoms with Gasteiger partial charge in [0.25, 0.3) is 6.47 Å². The molecule has 0 aliphatic heterocycles. The fourth-order valence-corrected chi connectivity index (χ4v) is 1.14. The van der Waals surface area contributed by atoms with Crippen molar-refractivity contribution in [1.82, 2.24) is 5.32 Å². The molecule has 1 aromatic rings. The maximum absolute atomic E-state index is 11.2. The molecule has 0 radical (unpaired) electrons. The molecule has 6 nitrogen and oxygen atoms in total. The Hall–Kier alpha value is -2.63. The molecule has 0 fully saturated rings. The molecule has 18 heavy (non-hydrogen) atoms. The predicted molar refractivity (Wildman–Crippen MR) is 61.8 cm³/mol. The first-order valence-electron chi connectivity index (χ1n) is 5.00. The van der Waals surface area contributed by atoms with E-state index in [1.165, 1.54) is 0 Å². The van der Waals surface area contributed by atoms with E-state index in [-0.39, 0.29) is 6.54 Å². The highest BCUT2D eigenvalue weighted by Crippen LogP contribution is 2.10. The zero-order chi connectivity index (χ0) is 13.4. The SMILES string of the molecule is O=COc1ccc(CNC(=O)/C=C\C(=O)O)cc1. The van der Waals surface area contributed by atoms with Crippen molar-refractivity contribution in [3.63, 3.8) is 0 Å². The van der Waals surface area contributed by atoms with Crippen LogP contribution in [0.1, 0.15) is 5.56 Å². The Labute approximate surface area is 103 Å². The molecule has 0 bridgehead atoms. The standard InChI is InChI=1S/C12H11NO5/c14-8-18-10-3-1-9(2-4-10)7-13-11(15)5-6-12(16)17/h1-6,8H,7H2,(H,13,15)(H,16,17)/b6-5-. The first kappa shape index (κ1) is 13.4. The molecule has 0 aromatic heterocycles. The quantitative estimate of drug-likeness (QED) is 0.565. The van der Waals surface area contributed by atoms with E-state index in [4.69, 9.17) is 5.11 Å². The predicted octanol–water partition coefficient (Wildman–Crippen LogP) is 0.479. The Morgan fingerprint density at radius 2 is 1.89 bits per heavy atom. The van der Waals surface area contributed by atoms with Crippen molar-refractivity contribution in [2.45, 2.75) is 6.54 Å². The van der Waals surface area contributed by atoms with Gasteiger partial charge >= 0.3 is 5.97 Å². The summed E-state index contributed by atoms with van der Waals surface area (Å²) in [7, 11) is 0. The van der Waals surface area contributed by atoms with Crippen LogP contribution in [0.3, 0.4) is 0 Å². The van der Waals surface area contributed by atoms with Gasteiger partial charge in [0.15, 0.2) is 0 Å². The summed E-state index contributed by atoms with van der Waals surface area (Å²) in [4.78, 5) is 31.4. The molecule has 0 unspecified atom stereocenters. The minimum Gasteiger partial charge on any atom is -0.478 e. The molecular weight excluding hydrogens is 238 g/mol. The lowest BCUT2D eigenvalue weighted by Gasteiger charge is -2.03. The number of amides is 1. The number of carboxylic acids is 1. The Morgan fingerprint density at radius 3 is 2.44 bits per heavy atom. The molecule has 0 atom stereocenters. The summed E-state index contributed by atoms with van der Waals surface area (Å²) in [6.45, 7) is 0.581. The van der Waals surface area contributed by atoms with Crippen molar-refractivity contribution in [1.29, 1.82) is 0 Å². The molecule has 94 valence electrons. The van der Waals surface area contributed by atoms with E-state index in [1.54, 1.807) is 24.3 Å². The van der Waals surface area contributed by atoms with Crippen LogP contribution in [-0.2, 0) is 20.9 Å². The van der Waals surface area contributed by atoms with E-state index < -0.39 is 11.9 Å². The summed E-state index contributed by atoms with van der Waals surface area (Å²) in [6, 6.07) is 6.53. The van der Waals surface area contributed by atoms with Gasteiger partial charge in [0.1, 0.15) is 5.75 Å². The van der Waals surface area contributed by atoms with Crippen LogP contribution in [0.4, 0.5) is 0 Å². The monoisotopic (exact) mass is 249 g/mol. The van der Waals surface area contributed by atoms with Gasteiger partial charge in [-0.25, -0.2) is 4.79 Å². The molecule has 1 rings (SSSR count). The number of carbonyl (C=O) groups excluding carboxylic acids is 2. The van der Waals surface area contributed by atoms with Crippen LogP contribution in [0, 0.1) is 0 Å². The van der Waals surface area contributed by atoms with Gasteiger partial charge in [-0.1, -0.05) is 12.1 Å². The number of carbonyl (C=O) groups is 3. The van der Waals surface area contributed by atoms with Crippen LogP contribution < -0.4 is 10.1 Å². The number of carboxylic acid groups (broad SMARTS) is 1. The van der Waals surface area contributed by atoms with Crippen molar-refractivity contribution >= 4 is 18.3 Å². The fraction of sp³-hybridized carbons (Fsp3) is 0.0833. The second kappa shape index (κ2) is 6.85. The molecule has 1 amide bonds. The molecular formula is C12H11NO5. The van der Waals surface area contributed by atoms with Crippen molar-refractivity contribution < 1.29 is 24.2 Å². The molecule has 2 N–H and O–H groups in total. The maximum atomic E-state index is 11.2. The van der Waals surface area contributed by atoms with E-state index in [9.17, 15) is 14.4 Å². The van der Waals surface area contributed by atoms with Crippen molar-refractivity contribution in [2.24, 2.45) is 0 Å². The summed E-state index contributed by atoms with van der Waals surface area (Å²) in [6.07, 6.45) is 1.70. The first-order chi connectivity index (χ1) is 8.61. The molecule has 0 spiro atoms. The van der Waals surface area contributed by atoms with Crippen molar-refractivity contribution in [3.05, 3.63) is 42.0 Å². The zero-order valence-corrected chi connectivity index (χ0v) is 9.33. The van der Waals surface area contributed by atoms with Gasteiger partial charge in [0, 0.05) is 18.7 Å². The zero-order valence-electron chi connectivity index (χ0n) is 9.33. The van der Waals surface area contributed by atoms with Gasteiger partial charge in [-0.2, -0.15) is 0 Å². The third kappa shape index (κ3) is 4.93. The first-order valence-corrected chi connectivity index (χ1v) is 5.00. The molecule has 0 aliphatic rings. The Bertz CT molecular complexity index is 464. The van der Waals surface area contributed by atoms with E-state index in [2.05, 4.69) is 10.1 Å². The smallest absolute Gasteiger partial charge is 0.328 e. The second-order valence-corrected chi connectivity index (χ2v) is 3.25. The average molecular weight is 249 g/mol. The lowest BCUT2D eigenvalue weighted by atomic mass is 10.2. The van der Waals surface area contributed by atoms with E-state index in [0.717, 1.165) is 17.7 Å². The fourth-order valence-electron chi connectivity index (χ4n) is 1.14. The Kier molecular flexibility index (Phi) is 5.11. The molecule has 0 saturated heterocycles. The van der Waals surface area contributed by atoms with Gasteiger partial charge in [-0.15, -0.1) is 0 Å². The Balaban J connectivity index is 2.46. The highest BCUT2D eigenvalue weighted by molar-refractivity contribution is 5.93. The van der Waals surface area contributed by atoms with Gasteiger partial charge in [-0.05, 0) is 17.7 Å². The minimum atomic E-state index is -1.18. The van der Waals surface area contributed by atoms with Gasteiger partial charge in [0.05, 0.1) is 0 Å². The van der Waals surface area contributed by atoms with Gasteiger partial charge in [0.2, 0.25) is 5.91 Å². The Morgan fingerprint density at radius 1 is 1.22 bits per heavy atom. The number of benzene rings is 1. The van der Waals surface area contributed by atoms with Crippen LogP contribution >= 0.6 is 0 Å². The van der Waals surface area contributed by atoms with Crippen molar-refractivity contribution in [3.8, 4) is 5.75 Å². The second-order valence-electron chi connectivity index (χ2n) is 3.25. The van der Waals surface area contributed by atoms with E-state index in [1.807, 2.05) is 0 Å². The number of ether oxygens (including phenoxy) is 1. The number of aliphatic carboxylic acids is 1. The lowest BCUT2D eigenvalue weighted by Crippen LogP contribution is -2.20. The minimum absolute atomic E-state index is 0.254. The summed E-state index contributed by atoms with van der Waals surface area (Å²) >= 11 is 0. The molecule has 1 aromatic carbocycles. The van der Waals surface area contributed by atoms with Crippen LogP contribution in [0.2, 0.25) is 0 Å². The topological polar surface area (TPSA) is 92.7 Å². The molecule has 0 heterocycles. The van der Waals surface area contributed by atoms with Crippen molar-refractivity contribution in [2.75, 3.05) is 0 Å². The van der Waals surface area contributed by atoms with Gasteiger partial charge in [-0.3, -0.25) is 9.59 Å². The molecule has 0 saturated carbocycles. The summed E-state index contributed by atoms with van der Waals surface area (Å²) < 4.78 is 4.61. The highest BCUT2D eigenvalue weighted by Gasteiger charge is 1.98. The van der Waals surface area contributed by atoms with Crippen LogP contribution in [-0.4, -0.2) is 23.5 Å². The third-order valence-electron chi connectivity index (χ3n) is 1.95. The average Bonchev–Trinajstić information content (AvgIpc) is 2.36. The van der Waals surface area contributed by atoms with E-state index in [0.29, 0.717) is 12.2 Å². The molecule has 6 heteroatoms. The van der Waals surface area contributed by atoms with Gasteiger partial charge < -0.3 is 15.2 Å². The van der Waals surface area contributed by atoms with Crippen LogP contribution in [0.5, 0.6) is 5.75 Å². The third-order valence-corrected chi connectivity index (χ3v) is 1.95. The number of hydrogen-bond acceptors (Lipinski definition) is 4. The molecule has 0 aliphatic carbocycles. The number of hydrogen-bond donors (Lipinski definition) is 2. The summed E-state index contributed by atoms with van der Waals surface area (Å²) in [5.74, 6) is -1.27.